The van der Waals surface area contributed by atoms with Crippen LogP contribution in [0.15, 0.2) is 22.7 Å². The smallest absolute Gasteiger partial charge is 0.387 e. The van der Waals surface area contributed by atoms with Gasteiger partial charge in [0.25, 0.3) is 0 Å². The van der Waals surface area contributed by atoms with Crippen LogP contribution in [-0.4, -0.2) is 18.6 Å². The van der Waals surface area contributed by atoms with E-state index in [2.05, 4.69) is 26.0 Å². The second kappa shape index (κ2) is 7.54. The minimum absolute atomic E-state index is 0.000815. The number of carbonyl (C=O) groups is 1. The number of hydrogen-bond acceptors (Lipinski definition) is 3. The summed E-state index contributed by atoms with van der Waals surface area (Å²) in [5, 5.41) is 2.96. The third-order valence-corrected chi connectivity index (χ3v) is 3.22. The first-order valence-electron chi connectivity index (χ1n) is 6.07. The molecule has 112 valence electrons. The molecule has 0 spiro atoms. The predicted octanol–water partition coefficient (Wildman–Crippen LogP) is 2.65. The van der Waals surface area contributed by atoms with E-state index in [-0.39, 0.29) is 18.2 Å². The fraction of sp³-hybridized carbons (Fsp3) is 0.462. The highest BCUT2D eigenvalue weighted by Crippen LogP contribution is 2.25. The van der Waals surface area contributed by atoms with Crippen LogP contribution in [0.25, 0.3) is 0 Å². The van der Waals surface area contributed by atoms with E-state index in [0.717, 1.165) is 4.47 Å². The number of amides is 1. The van der Waals surface area contributed by atoms with Gasteiger partial charge in [0.05, 0.1) is 6.04 Å². The molecule has 1 unspecified atom stereocenters. The number of rotatable bonds is 7. The van der Waals surface area contributed by atoms with Crippen molar-refractivity contribution in [1.82, 2.24) is 5.32 Å². The molecule has 1 aromatic rings. The van der Waals surface area contributed by atoms with Gasteiger partial charge in [-0.25, -0.2) is 0 Å². The summed E-state index contributed by atoms with van der Waals surface area (Å²) in [6.45, 7) is 1.000. The number of carbonyl (C=O) groups excluding carboxylic acids is 1. The highest BCUT2D eigenvalue weighted by atomic mass is 79.9. The van der Waals surface area contributed by atoms with Gasteiger partial charge in [-0.3, -0.25) is 4.79 Å². The summed E-state index contributed by atoms with van der Waals surface area (Å²) in [6, 6.07) is 4.17. The van der Waals surface area contributed by atoms with Gasteiger partial charge in [0.1, 0.15) is 5.75 Å². The van der Waals surface area contributed by atoms with E-state index in [4.69, 9.17) is 5.73 Å². The molecule has 0 radical (unpaired) electrons. The second-order valence-corrected chi connectivity index (χ2v) is 5.55. The van der Waals surface area contributed by atoms with Crippen LogP contribution >= 0.6 is 15.9 Å². The van der Waals surface area contributed by atoms with E-state index >= 15 is 0 Å². The van der Waals surface area contributed by atoms with E-state index in [0.29, 0.717) is 5.56 Å². The molecule has 1 rings (SSSR count). The van der Waals surface area contributed by atoms with Gasteiger partial charge in [0.2, 0.25) is 5.91 Å². The van der Waals surface area contributed by atoms with Gasteiger partial charge in [-0.1, -0.05) is 29.8 Å². The number of nitrogens with one attached hydrogen (secondary N) is 1. The van der Waals surface area contributed by atoms with Crippen LogP contribution in [0.3, 0.4) is 0 Å². The molecule has 0 saturated heterocycles. The minimum Gasteiger partial charge on any atom is -0.434 e. The van der Waals surface area contributed by atoms with E-state index in [1.54, 1.807) is 12.1 Å². The lowest BCUT2D eigenvalue weighted by molar-refractivity contribution is -0.121. The van der Waals surface area contributed by atoms with Crippen LogP contribution in [0.5, 0.6) is 5.75 Å². The second-order valence-electron chi connectivity index (χ2n) is 4.64. The Morgan fingerprint density at radius 3 is 2.60 bits per heavy atom. The number of primary amides is 1. The van der Waals surface area contributed by atoms with Crippen LogP contribution in [-0.2, 0) is 11.3 Å². The molecule has 20 heavy (non-hydrogen) atoms. The van der Waals surface area contributed by atoms with E-state index in [1.165, 1.54) is 6.07 Å². The van der Waals surface area contributed by atoms with Crippen molar-refractivity contribution >= 4 is 21.8 Å². The van der Waals surface area contributed by atoms with Gasteiger partial charge >= 0.3 is 6.61 Å². The third kappa shape index (κ3) is 5.05. The maximum atomic E-state index is 12.3. The Labute approximate surface area is 124 Å². The first kappa shape index (κ1) is 16.8. The Morgan fingerprint density at radius 2 is 2.10 bits per heavy atom. The number of nitrogens with two attached hydrogens (primary N) is 1. The lowest BCUT2D eigenvalue weighted by atomic mass is 10.0. The maximum Gasteiger partial charge on any atom is 0.387 e. The molecule has 0 fully saturated rings. The minimum atomic E-state index is -2.90. The monoisotopic (exact) mass is 350 g/mol. The summed E-state index contributed by atoms with van der Waals surface area (Å²) < 4.78 is 29.8. The number of halogens is 3. The summed E-state index contributed by atoms with van der Waals surface area (Å²) in [5.41, 5.74) is 5.81. The number of hydrogen-bond donors (Lipinski definition) is 2. The molecule has 7 heteroatoms. The molecule has 0 aromatic heterocycles. The topological polar surface area (TPSA) is 64.3 Å². The SMILES string of the molecule is CC(C)C(NCc1cc(Br)ccc1OC(F)F)C(N)=O. The zero-order valence-corrected chi connectivity index (χ0v) is 12.8. The summed E-state index contributed by atoms with van der Waals surface area (Å²) >= 11 is 3.26. The number of alkyl halides is 2. The number of ether oxygens (including phenoxy) is 1. The third-order valence-electron chi connectivity index (χ3n) is 2.72. The quantitative estimate of drug-likeness (QED) is 0.794. The van der Waals surface area contributed by atoms with Gasteiger partial charge in [-0.05, 0) is 24.1 Å². The molecule has 0 aliphatic heterocycles. The first-order valence-corrected chi connectivity index (χ1v) is 6.86. The van der Waals surface area contributed by atoms with Crippen LogP contribution in [0.4, 0.5) is 8.78 Å². The summed E-state index contributed by atoms with van der Waals surface area (Å²) in [6.07, 6.45) is 0. The van der Waals surface area contributed by atoms with Crippen molar-refractivity contribution in [2.24, 2.45) is 11.7 Å². The Hall–Kier alpha value is -1.21. The van der Waals surface area contributed by atoms with Crippen LogP contribution in [0, 0.1) is 5.92 Å². The predicted molar refractivity (Wildman–Crippen MR) is 75.4 cm³/mol. The summed E-state index contributed by atoms with van der Waals surface area (Å²) in [7, 11) is 0. The highest BCUT2D eigenvalue weighted by molar-refractivity contribution is 9.10. The molecule has 0 heterocycles. The molecule has 0 aliphatic rings. The molecule has 0 saturated carbocycles. The van der Waals surface area contributed by atoms with Gasteiger partial charge in [0.15, 0.2) is 0 Å². The normalized spacial score (nSPS) is 12.8. The largest absolute Gasteiger partial charge is 0.434 e. The van der Waals surface area contributed by atoms with Gasteiger partial charge in [-0.2, -0.15) is 8.78 Å². The summed E-state index contributed by atoms with van der Waals surface area (Å²) in [4.78, 5) is 11.3. The van der Waals surface area contributed by atoms with E-state index in [1.807, 2.05) is 13.8 Å². The van der Waals surface area contributed by atoms with E-state index < -0.39 is 18.6 Å². The molecular weight excluding hydrogens is 334 g/mol. The van der Waals surface area contributed by atoms with Crippen molar-refractivity contribution in [3.05, 3.63) is 28.2 Å². The molecule has 0 bridgehead atoms. The zero-order valence-electron chi connectivity index (χ0n) is 11.2. The van der Waals surface area contributed by atoms with Gasteiger partial charge in [0, 0.05) is 16.6 Å². The maximum absolute atomic E-state index is 12.3. The average molecular weight is 351 g/mol. The first-order chi connectivity index (χ1) is 9.31. The van der Waals surface area contributed by atoms with Gasteiger partial charge in [-0.15, -0.1) is 0 Å². The summed E-state index contributed by atoms with van der Waals surface area (Å²) in [5.74, 6) is -0.409. The fourth-order valence-corrected chi connectivity index (χ4v) is 2.19. The molecule has 0 aliphatic carbocycles. The molecule has 3 N–H and O–H groups in total. The molecule has 1 atom stereocenters. The molecule has 1 amide bonds. The highest BCUT2D eigenvalue weighted by Gasteiger charge is 2.19. The Morgan fingerprint density at radius 1 is 1.45 bits per heavy atom. The Kier molecular flexibility index (Phi) is 6.35. The fourth-order valence-electron chi connectivity index (χ4n) is 1.78. The van der Waals surface area contributed by atoms with Crippen molar-refractivity contribution < 1.29 is 18.3 Å². The van der Waals surface area contributed by atoms with Crippen molar-refractivity contribution in [3.8, 4) is 5.75 Å². The lowest BCUT2D eigenvalue weighted by Gasteiger charge is -2.20. The van der Waals surface area contributed by atoms with Crippen molar-refractivity contribution in [2.75, 3.05) is 0 Å². The van der Waals surface area contributed by atoms with Crippen molar-refractivity contribution in [3.63, 3.8) is 0 Å². The molecular formula is C13H17BrF2N2O2. The zero-order chi connectivity index (χ0) is 15.3. The number of benzene rings is 1. The Balaban J connectivity index is 2.84. The van der Waals surface area contributed by atoms with Gasteiger partial charge < -0.3 is 15.8 Å². The van der Waals surface area contributed by atoms with Crippen LogP contribution in [0.1, 0.15) is 19.4 Å². The molecule has 4 nitrogen and oxygen atoms in total. The van der Waals surface area contributed by atoms with Crippen molar-refractivity contribution in [1.29, 1.82) is 0 Å². The average Bonchev–Trinajstić information content (AvgIpc) is 2.31. The van der Waals surface area contributed by atoms with Crippen molar-refractivity contribution in [2.45, 2.75) is 33.0 Å². The standard InChI is InChI=1S/C13H17BrF2N2O2/c1-7(2)11(12(17)19)18-6-8-5-9(14)3-4-10(8)20-13(15)16/h3-5,7,11,13,18H,6H2,1-2H3,(H2,17,19). The molecule has 1 aromatic carbocycles. The lowest BCUT2D eigenvalue weighted by Crippen LogP contribution is -2.44. The van der Waals surface area contributed by atoms with Crippen LogP contribution in [0.2, 0.25) is 0 Å². The van der Waals surface area contributed by atoms with E-state index in [9.17, 15) is 13.6 Å². The Bertz CT molecular complexity index is 470. The van der Waals surface area contributed by atoms with Crippen LogP contribution < -0.4 is 15.8 Å².